The maximum Gasteiger partial charge on any atom is 0.323 e. The summed E-state index contributed by atoms with van der Waals surface area (Å²) in [6.07, 6.45) is -2.45. The first-order chi connectivity index (χ1) is 18.3. The first kappa shape index (κ1) is 27.6. The normalized spacial score (nSPS) is 31.8. The molecule has 5 rings (SSSR count). The molecule has 1 aliphatic carbocycles. The largest absolute Gasteiger partial charge is 0.468 e. The Morgan fingerprint density at radius 1 is 1.33 bits per heavy atom. The van der Waals surface area contributed by atoms with Gasteiger partial charge < -0.3 is 30.2 Å². The van der Waals surface area contributed by atoms with Crippen molar-refractivity contribution >= 4 is 47.3 Å². The fourth-order valence-corrected chi connectivity index (χ4v) is 7.31. The quantitative estimate of drug-likeness (QED) is 0.213. The van der Waals surface area contributed by atoms with Crippen LogP contribution in [0.3, 0.4) is 0 Å². The Labute approximate surface area is 226 Å². The van der Waals surface area contributed by atoms with Crippen molar-refractivity contribution in [1.82, 2.24) is 24.6 Å². The number of ether oxygens (including phenoxy) is 2. The number of hydrogen-bond donors (Lipinski definition) is 4. The van der Waals surface area contributed by atoms with Crippen LogP contribution in [0, 0.1) is 0 Å². The number of para-hydroxylation sites is 1. The second-order valence-corrected chi connectivity index (χ2v) is 12.3. The number of aliphatic hydroxyl groups is 1. The third-order valence-electron chi connectivity index (χ3n) is 6.69. The first-order valence-corrected chi connectivity index (χ1v) is 14.3. The lowest BCUT2D eigenvalue weighted by Gasteiger charge is -2.32. The van der Waals surface area contributed by atoms with Crippen LogP contribution < -0.4 is 20.7 Å². The average Bonchev–Trinajstić information content (AvgIpc) is 3.13. The second-order valence-electron chi connectivity index (χ2n) is 9.22. The molecular weight excluding hydrogens is 559 g/mol. The number of nitrogens with one attached hydrogen (secondary N) is 2. The molecule has 3 aromatic rings. The van der Waals surface area contributed by atoms with Gasteiger partial charge in [0.2, 0.25) is 5.95 Å². The summed E-state index contributed by atoms with van der Waals surface area (Å²) in [7, 11) is 2.76. The minimum atomic E-state index is -3.82. The van der Waals surface area contributed by atoms with Crippen LogP contribution in [0.1, 0.15) is 20.1 Å². The standard InChI is InChI=1S/C22H26F2N7O6PS/c1-11(16(32)34-4)30-38(39,36-12-8-6-5-7-9-12)37-17-21(33)20(2,23)18(35-22(17,21)24)31-10-27-13-14(26-3)28-19(25)29-15(13)31/h5-11,17-18,33H,1-4H3,(H,30,39)(H3,25,26,28,29)/t11-,17?,18-,20+,21+,22-,38?/m1/s1. The van der Waals surface area contributed by atoms with Gasteiger partial charge in [0.05, 0.1) is 13.4 Å². The van der Waals surface area contributed by atoms with Gasteiger partial charge in [-0.2, -0.15) is 9.97 Å². The number of rotatable bonds is 9. The van der Waals surface area contributed by atoms with E-state index in [4.69, 9.17) is 36.1 Å². The van der Waals surface area contributed by atoms with Crippen LogP contribution in [-0.2, 0) is 30.6 Å². The van der Waals surface area contributed by atoms with Gasteiger partial charge in [-0.15, -0.1) is 0 Å². The van der Waals surface area contributed by atoms with E-state index in [1.54, 1.807) is 37.4 Å². The number of nitrogens with two attached hydrogens (primary N) is 1. The minimum absolute atomic E-state index is 0.0535. The number of nitrogens with zero attached hydrogens (tertiary/aromatic N) is 4. The Kier molecular flexibility index (Phi) is 6.56. The number of anilines is 2. The number of alkyl halides is 2. The van der Waals surface area contributed by atoms with Crippen molar-refractivity contribution in [3.8, 4) is 5.75 Å². The van der Waals surface area contributed by atoms with E-state index < -0.39 is 48.1 Å². The number of halogens is 2. The molecule has 0 spiro atoms. The Balaban J connectivity index is 1.46. The topological polar surface area (TPSA) is 168 Å². The van der Waals surface area contributed by atoms with Crippen molar-refractivity contribution in [3.05, 3.63) is 36.7 Å². The molecule has 2 fully saturated rings. The van der Waals surface area contributed by atoms with E-state index in [2.05, 4.69) is 25.4 Å². The molecule has 210 valence electrons. The van der Waals surface area contributed by atoms with Crippen LogP contribution in [0.25, 0.3) is 11.2 Å². The maximum absolute atomic E-state index is 16.4. The van der Waals surface area contributed by atoms with Crippen molar-refractivity contribution in [1.29, 1.82) is 0 Å². The molecule has 0 amide bonds. The molecule has 17 heteroatoms. The predicted molar refractivity (Wildman–Crippen MR) is 139 cm³/mol. The third kappa shape index (κ3) is 4.13. The van der Waals surface area contributed by atoms with Crippen molar-refractivity contribution in [2.24, 2.45) is 0 Å². The van der Waals surface area contributed by atoms with Gasteiger partial charge in [0.15, 0.2) is 40.6 Å². The first-order valence-electron chi connectivity index (χ1n) is 11.7. The van der Waals surface area contributed by atoms with Gasteiger partial charge in [0.25, 0.3) is 5.85 Å². The van der Waals surface area contributed by atoms with Crippen molar-refractivity contribution in [2.45, 2.75) is 49.3 Å². The van der Waals surface area contributed by atoms with Gasteiger partial charge in [-0.05, 0) is 37.8 Å². The summed E-state index contributed by atoms with van der Waals surface area (Å²) in [6, 6.07) is 7.13. The van der Waals surface area contributed by atoms with Gasteiger partial charge >= 0.3 is 12.6 Å². The summed E-state index contributed by atoms with van der Waals surface area (Å²) >= 11 is 5.55. The zero-order valence-electron chi connectivity index (χ0n) is 21.2. The van der Waals surface area contributed by atoms with Crippen LogP contribution >= 0.6 is 6.64 Å². The van der Waals surface area contributed by atoms with E-state index in [1.165, 1.54) is 20.4 Å². The number of esters is 1. The van der Waals surface area contributed by atoms with E-state index in [-0.39, 0.29) is 28.7 Å². The highest BCUT2D eigenvalue weighted by Gasteiger charge is 2.96. The van der Waals surface area contributed by atoms with Gasteiger partial charge in [0.1, 0.15) is 11.8 Å². The van der Waals surface area contributed by atoms with E-state index in [0.717, 1.165) is 11.5 Å². The molecule has 1 aromatic carbocycles. The summed E-state index contributed by atoms with van der Waals surface area (Å²) in [5.74, 6) is -3.38. The zero-order chi connectivity index (χ0) is 28.4. The lowest BCUT2D eigenvalue weighted by atomic mass is 9.97. The number of hydrogen-bond acceptors (Lipinski definition) is 12. The fraction of sp³-hybridized carbons (Fsp3) is 0.455. The Bertz CT molecular complexity index is 1480. The molecule has 3 heterocycles. The number of imidazole rings is 1. The fourth-order valence-electron chi connectivity index (χ4n) is 4.62. The Morgan fingerprint density at radius 2 is 2.03 bits per heavy atom. The van der Waals surface area contributed by atoms with Gasteiger partial charge in [0, 0.05) is 7.05 Å². The molecule has 0 radical (unpaired) electrons. The lowest BCUT2D eigenvalue weighted by molar-refractivity contribution is -0.155. The molecule has 39 heavy (non-hydrogen) atoms. The molecule has 1 saturated heterocycles. The molecule has 0 bridgehead atoms. The molecule has 7 atom stereocenters. The molecule has 5 N–H and O–H groups in total. The summed E-state index contributed by atoms with van der Waals surface area (Å²) in [5, 5.41) is 16.8. The lowest BCUT2D eigenvalue weighted by Crippen LogP contribution is -2.45. The summed E-state index contributed by atoms with van der Waals surface area (Å²) in [4.78, 5) is 24.3. The van der Waals surface area contributed by atoms with Crippen LogP contribution in [0.4, 0.5) is 20.5 Å². The van der Waals surface area contributed by atoms with Crippen LogP contribution in [-0.4, -0.2) is 74.0 Å². The Hall–Kier alpha value is -3.01. The number of aromatic nitrogens is 4. The van der Waals surface area contributed by atoms with Gasteiger partial charge in [-0.1, -0.05) is 18.2 Å². The summed E-state index contributed by atoms with van der Waals surface area (Å²) in [6.45, 7) is -1.42. The van der Waals surface area contributed by atoms with Crippen molar-refractivity contribution in [3.63, 3.8) is 0 Å². The van der Waals surface area contributed by atoms with Crippen LogP contribution in [0.15, 0.2) is 36.7 Å². The number of nitrogen functional groups attached to an aromatic ring is 1. The molecule has 2 unspecified atom stereocenters. The van der Waals surface area contributed by atoms with Crippen molar-refractivity contribution < 1.29 is 37.2 Å². The number of methoxy groups -OCH3 is 1. The zero-order valence-corrected chi connectivity index (χ0v) is 22.9. The van der Waals surface area contributed by atoms with Crippen LogP contribution in [0.2, 0.25) is 0 Å². The SMILES string of the molecule is CNc1nc(N)nc2c1ncn2[C@@H]1O[C@]2(F)C(OP(=S)(N[C@H](C)C(=O)OC)Oc3ccccc3)[C@]2(O)[C@@]1(C)F. The van der Waals surface area contributed by atoms with E-state index in [1.807, 2.05) is 0 Å². The van der Waals surface area contributed by atoms with E-state index >= 15 is 8.78 Å². The highest BCUT2D eigenvalue weighted by atomic mass is 32.5. The average molecular weight is 586 g/mol. The number of carbonyl (C=O) groups excluding carboxylic acids is 1. The second kappa shape index (κ2) is 9.28. The van der Waals surface area contributed by atoms with Crippen molar-refractivity contribution in [2.75, 3.05) is 25.2 Å². The minimum Gasteiger partial charge on any atom is -0.468 e. The highest BCUT2D eigenvalue weighted by Crippen LogP contribution is 2.73. The van der Waals surface area contributed by atoms with E-state index in [9.17, 15) is 9.90 Å². The molecule has 1 aliphatic heterocycles. The summed E-state index contributed by atoms with van der Waals surface area (Å²) in [5.41, 5.74) is 0.443. The molecule has 1 saturated carbocycles. The molecule has 2 aliphatic rings. The number of carbonyl (C=O) groups is 1. The number of benzene rings is 1. The smallest absolute Gasteiger partial charge is 0.323 e. The Morgan fingerprint density at radius 3 is 2.62 bits per heavy atom. The number of fused-ring (bicyclic) bond motifs is 2. The molecule has 13 nitrogen and oxygen atoms in total. The molecule has 2 aromatic heterocycles. The van der Waals surface area contributed by atoms with Gasteiger partial charge in [-0.25, -0.2) is 18.9 Å². The van der Waals surface area contributed by atoms with Crippen LogP contribution in [0.5, 0.6) is 5.75 Å². The summed E-state index contributed by atoms with van der Waals surface area (Å²) < 4.78 is 55.5. The van der Waals surface area contributed by atoms with Gasteiger partial charge in [-0.3, -0.25) is 13.9 Å². The monoisotopic (exact) mass is 585 g/mol. The third-order valence-corrected chi connectivity index (χ3v) is 9.13. The predicted octanol–water partition coefficient (Wildman–Crippen LogP) is 1.96. The molecular formula is C22H26F2N7O6PS. The highest BCUT2D eigenvalue weighted by molar-refractivity contribution is 8.09. The van der Waals surface area contributed by atoms with E-state index in [0.29, 0.717) is 0 Å². The maximum atomic E-state index is 16.4.